The molecule has 0 aliphatic carbocycles. The van der Waals surface area contributed by atoms with Crippen LogP contribution in [0.3, 0.4) is 0 Å². The number of fused-ring (bicyclic) bond motifs is 1. The van der Waals surface area contributed by atoms with Crippen molar-refractivity contribution in [2.24, 2.45) is 0 Å². The van der Waals surface area contributed by atoms with Crippen molar-refractivity contribution in [3.63, 3.8) is 0 Å². The van der Waals surface area contributed by atoms with E-state index in [-0.39, 0.29) is 16.2 Å². The summed E-state index contributed by atoms with van der Waals surface area (Å²) < 4.78 is 27.0. The Hall–Kier alpha value is -3.15. The molecule has 2 aliphatic rings. The first-order chi connectivity index (χ1) is 17.4. The number of hydrogen-bond donors (Lipinski definition) is 2. The van der Waals surface area contributed by atoms with Crippen LogP contribution in [0, 0.1) is 6.92 Å². The number of aliphatic carboxylic acids is 1. The molecule has 9 nitrogen and oxygen atoms in total. The van der Waals surface area contributed by atoms with E-state index in [2.05, 4.69) is 5.32 Å². The number of sulfone groups is 1. The largest absolute Gasteiger partial charge is 0.477 e. The number of β-lactam (4-membered cyclic amide) rings is 1. The standard InChI is InChI=1S/C25H23ClN2O7S2/c1-13-3-9-17(10-4-13)37(34,35)18(22(30)15-5-7-16(26)8-6-15)11-19(29)27-20-23(31)28-21(25(32)33)14(2)12-36-24(20)28/h3-10,18,20,24H,11-12H2,1-2H3,(H,27,29)(H,32,33). The van der Waals surface area contributed by atoms with Gasteiger partial charge in [0.2, 0.25) is 5.91 Å². The van der Waals surface area contributed by atoms with Crippen molar-refractivity contribution >= 4 is 56.8 Å². The monoisotopic (exact) mass is 562 g/mol. The Balaban J connectivity index is 1.59. The van der Waals surface area contributed by atoms with Crippen molar-refractivity contribution in [3.8, 4) is 0 Å². The van der Waals surface area contributed by atoms with Crippen molar-refractivity contribution in [2.75, 3.05) is 5.75 Å². The number of halogens is 1. The first-order valence-corrected chi connectivity index (χ1v) is 14.2. The highest BCUT2D eigenvalue weighted by atomic mass is 35.5. The summed E-state index contributed by atoms with van der Waals surface area (Å²) in [5.41, 5.74) is 1.31. The fourth-order valence-electron chi connectivity index (χ4n) is 4.21. The lowest BCUT2D eigenvalue weighted by molar-refractivity contribution is -0.150. The summed E-state index contributed by atoms with van der Waals surface area (Å²) in [6.07, 6.45) is -0.723. The van der Waals surface area contributed by atoms with Gasteiger partial charge in [-0.15, -0.1) is 11.8 Å². The van der Waals surface area contributed by atoms with E-state index >= 15 is 0 Å². The quantitative estimate of drug-likeness (QED) is 0.370. The van der Waals surface area contributed by atoms with Crippen LogP contribution in [0.5, 0.6) is 0 Å². The van der Waals surface area contributed by atoms with E-state index in [4.69, 9.17) is 11.6 Å². The van der Waals surface area contributed by atoms with Crippen LogP contribution < -0.4 is 5.32 Å². The molecule has 2 amide bonds. The fraction of sp³-hybridized carbons (Fsp3) is 0.280. The molecular weight excluding hydrogens is 540 g/mol. The molecule has 3 unspecified atom stereocenters. The molecule has 2 aliphatic heterocycles. The molecule has 2 aromatic rings. The average Bonchev–Trinajstić information content (AvgIpc) is 2.85. The van der Waals surface area contributed by atoms with Crippen LogP contribution in [0.2, 0.25) is 5.02 Å². The minimum atomic E-state index is -4.29. The van der Waals surface area contributed by atoms with E-state index in [1.54, 1.807) is 26.0 Å². The lowest BCUT2D eigenvalue weighted by Crippen LogP contribution is -2.70. The number of ketones is 1. The second-order valence-electron chi connectivity index (χ2n) is 8.81. The van der Waals surface area contributed by atoms with Gasteiger partial charge in [-0.2, -0.15) is 0 Å². The number of carbonyl (C=O) groups is 4. The molecule has 1 saturated heterocycles. The summed E-state index contributed by atoms with van der Waals surface area (Å²) in [5, 5.41) is 9.96. The molecule has 0 bridgehead atoms. The molecule has 0 radical (unpaired) electrons. The first kappa shape index (κ1) is 26.9. The van der Waals surface area contributed by atoms with Gasteiger partial charge in [-0.25, -0.2) is 13.2 Å². The van der Waals surface area contributed by atoms with Crippen molar-refractivity contribution in [1.82, 2.24) is 10.2 Å². The average molecular weight is 563 g/mol. The Morgan fingerprint density at radius 1 is 1.11 bits per heavy atom. The normalized spacial score (nSPS) is 20.1. The van der Waals surface area contributed by atoms with Crippen molar-refractivity contribution in [2.45, 2.75) is 41.8 Å². The SMILES string of the molecule is CC1=C(C(=O)O)N2C(=O)C(NC(=O)CC(C(=O)c3ccc(Cl)cc3)S(=O)(=O)c3ccc(C)cc3)C2SC1. The number of benzene rings is 2. The highest BCUT2D eigenvalue weighted by molar-refractivity contribution is 8.00. The number of thioether (sulfide) groups is 1. The van der Waals surface area contributed by atoms with E-state index in [9.17, 15) is 32.7 Å². The highest BCUT2D eigenvalue weighted by Crippen LogP contribution is 2.40. The molecule has 2 heterocycles. The zero-order chi connectivity index (χ0) is 27.1. The van der Waals surface area contributed by atoms with E-state index in [0.717, 1.165) is 10.5 Å². The zero-order valence-corrected chi connectivity index (χ0v) is 22.2. The van der Waals surface area contributed by atoms with E-state index in [0.29, 0.717) is 16.3 Å². The van der Waals surface area contributed by atoms with Crippen LogP contribution in [0.1, 0.15) is 29.3 Å². The molecule has 37 heavy (non-hydrogen) atoms. The number of aryl methyl sites for hydroxylation is 1. The second kappa shape index (κ2) is 10.3. The Bertz CT molecular complexity index is 1420. The van der Waals surface area contributed by atoms with Crippen LogP contribution >= 0.6 is 23.4 Å². The zero-order valence-electron chi connectivity index (χ0n) is 19.8. The second-order valence-corrected chi connectivity index (χ2v) is 12.5. The minimum Gasteiger partial charge on any atom is -0.477 e. The summed E-state index contributed by atoms with van der Waals surface area (Å²) in [6, 6.07) is 10.6. The lowest BCUT2D eigenvalue weighted by Gasteiger charge is -2.49. The molecular formula is C25H23ClN2O7S2. The van der Waals surface area contributed by atoms with Crippen LogP contribution in [0.4, 0.5) is 0 Å². The maximum atomic E-state index is 13.5. The molecule has 2 aromatic carbocycles. The smallest absolute Gasteiger partial charge is 0.352 e. The predicted molar refractivity (Wildman–Crippen MR) is 138 cm³/mol. The van der Waals surface area contributed by atoms with Crippen molar-refractivity contribution < 1.29 is 32.7 Å². The molecule has 1 fully saturated rings. The van der Waals surface area contributed by atoms with Crippen molar-refractivity contribution in [1.29, 1.82) is 0 Å². The molecule has 12 heteroatoms. The van der Waals surface area contributed by atoms with E-state index in [1.165, 1.54) is 48.2 Å². The number of nitrogens with one attached hydrogen (secondary N) is 1. The summed E-state index contributed by atoms with van der Waals surface area (Å²) in [4.78, 5) is 51.7. The van der Waals surface area contributed by atoms with Gasteiger partial charge in [0.1, 0.15) is 22.4 Å². The van der Waals surface area contributed by atoms with Gasteiger partial charge in [0, 0.05) is 16.3 Å². The summed E-state index contributed by atoms with van der Waals surface area (Å²) in [6.45, 7) is 3.41. The van der Waals surface area contributed by atoms with E-state index < -0.39 is 56.5 Å². The lowest BCUT2D eigenvalue weighted by atomic mass is 10.0. The van der Waals surface area contributed by atoms with Crippen LogP contribution in [0.25, 0.3) is 0 Å². The third-order valence-electron chi connectivity index (χ3n) is 6.19. The van der Waals surface area contributed by atoms with Crippen LogP contribution in [0.15, 0.2) is 64.7 Å². The topological polar surface area (TPSA) is 138 Å². The van der Waals surface area contributed by atoms with Gasteiger partial charge in [-0.3, -0.25) is 19.3 Å². The molecule has 194 valence electrons. The van der Waals surface area contributed by atoms with Gasteiger partial charge >= 0.3 is 5.97 Å². The van der Waals surface area contributed by atoms with Gasteiger partial charge in [0.15, 0.2) is 15.6 Å². The summed E-state index contributed by atoms with van der Waals surface area (Å²) in [7, 11) is -4.29. The first-order valence-electron chi connectivity index (χ1n) is 11.2. The maximum Gasteiger partial charge on any atom is 0.352 e. The number of carboxylic acids is 1. The number of hydrogen-bond acceptors (Lipinski definition) is 7. The predicted octanol–water partition coefficient (Wildman–Crippen LogP) is 2.82. The maximum absolute atomic E-state index is 13.5. The highest BCUT2D eigenvalue weighted by Gasteiger charge is 2.54. The van der Waals surface area contributed by atoms with Gasteiger partial charge in [0.25, 0.3) is 5.91 Å². The molecule has 0 spiro atoms. The van der Waals surface area contributed by atoms with Crippen LogP contribution in [-0.4, -0.2) is 64.4 Å². The Kier molecular flexibility index (Phi) is 7.50. The number of amides is 2. The van der Waals surface area contributed by atoms with E-state index in [1.807, 2.05) is 0 Å². The van der Waals surface area contributed by atoms with Crippen LogP contribution in [-0.2, 0) is 24.2 Å². The molecule has 3 atom stereocenters. The summed E-state index contributed by atoms with van der Waals surface area (Å²) in [5.74, 6) is -3.08. The number of carboxylic acid groups (broad SMARTS) is 1. The van der Waals surface area contributed by atoms with Gasteiger partial charge in [-0.05, 0) is 55.8 Å². The minimum absolute atomic E-state index is 0.0679. The summed E-state index contributed by atoms with van der Waals surface area (Å²) >= 11 is 7.19. The molecule has 0 aromatic heterocycles. The van der Waals surface area contributed by atoms with Gasteiger partial charge in [-0.1, -0.05) is 29.3 Å². The third kappa shape index (κ3) is 5.16. The van der Waals surface area contributed by atoms with Gasteiger partial charge < -0.3 is 10.4 Å². The van der Waals surface area contributed by atoms with Gasteiger partial charge in [0.05, 0.1) is 11.3 Å². The number of rotatable bonds is 8. The Morgan fingerprint density at radius 2 is 1.73 bits per heavy atom. The molecule has 4 rings (SSSR count). The number of carbonyl (C=O) groups excluding carboxylic acids is 3. The number of nitrogens with zero attached hydrogens (tertiary/aromatic N) is 1. The Labute approximate surface area is 222 Å². The molecule has 0 saturated carbocycles. The fourth-order valence-corrected chi connectivity index (χ4v) is 7.26. The number of Topliss-reactive ketones (excluding diaryl/α,β-unsaturated/α-hetero) is 1. The van der Waals surface area contributed by atoms with Crippen molar-refractivity contribution in [3.05, 3.63) is 76.0 Å². The Morgan fingerprint density at radius 3 is 2.32 bits per heavy atom. The third-order valence-corrected chi connectivity index (χ3v) is 9.93. The molecule has 2 N–H and O–H groups in total.